The number of ether oxygens (including phenoxy) is 2. The number of thiocarbonyl (C=S) groups is 1. The standard InChI is InChI=1S/C25H27BrN2O4S2/c1-6-31-20-11-17(12-21-24(30)28(14(2)3)25(33)34-21)10-19(26)23(20)32-13-22(29)27-18-8-7-15(4)16(5)9-18/h7-12,14H,6,13H2,1-5H3,(H,27,29)/b21-12-. The van der Waals surface area contributed by atoms with Crippen LogP contribution in [0.4, 0.5) is 5.69 Å². The van der Waals surface area contributed by atoms with Crippen LogP contribution < -0.4 is 14.8 Å². The highest BCUT2D eigenvalue weighted by Gasteiger charge is 2.33. The Morgan fingerprint density at radius 2 is 1.94 bits per heavy atom. The second-order valence-corrected chi connectivity index (χ2v) is 10.6. The molecule has 0 radical (unpaired) electrons. The summed E-state index contributed by atoms with van der Waals surface area (Å²) in [6, 6.07) is 9.34. The highest BCUT2D eigenvalue weighted by atomic mass is 79.9. The van der Waals surface area contributed by atoms with Crippen molar-refractivity contribution in [2.45, 2.75) is 40.7 Å². The highest BCUT2D eigenvalue weighted by Crippen LogP contribution is 2.39. The molecule has 1 heterocycles. The van der Waals surface area contributed by atoms with Crippen LogP contribution in [0.5, 0.6) is 11.5 Å². The summed E-state index contributed by atoms with van der Waals surface area (Å²) in [4.78, 5) is 27.3. The SMILES string of the molecule is CCOc1cc(/C=C2\SC(=S)N(C(C)C)C2=O)cc(Br)c1OCC(=O)Nc1ccc(C)c(C)c1. The Balaban J connectivity index is 1.77. The van der Waals surface area contributed by atoms with E-state index < -0.39 is 0 Å². The minimum Gasteiger partial charge on any atom is -0.490 e. The van der Waals surface area contributed by atoms with Crippen LogP contribution in [0, 0.1) is 13.8 Å². The van der Waals surface area contributed by atoms with Crippen LogP contribution in [-0.2, 0) is 9.59 Å². The van der Waals surface area contributed by atoms with Gasteiger partial charge < -0.3 is 14.8 Å². The number of rotatable bonds is 8. The first-order chi connectivity index (χ1) is 16.1. The van der Waals surface area contributed by atoms with Gasteiger partial charge in [0.25, 0.3) is 11.8 Å². The summed E-state index contributed by atoms with van der Waals surface area (Å²) >= 11 is 10.2. The van der Waals surface area contributed by atoms with E-state index in [1.165, 1.54) is 11.8 Å². The maximum absolute atomic E-state index is 12.7. The first-order valence-corrected chi connectivity index (χ1v) is 12.9. The molecule has 0 aliphatic carbocycles. The van der Waals surface area contributed by atoms with Crippen molar-refractivity contribution in [1.82, 2.24) is 4.90 Å². The maximum Gasteiger partial charge on any atom is 0.266 e. The third kappa shape index (κ3) is 6.20. The molecule has 2 aromatic carbocycles. The molecule has 6 nitrogen and oxygen atoms in total. The molecule has 0 bridgehead atoms. The van der Waals surface area contributed by atoms with Gasteiger partial charge in [0.2, 0.25) is 0 Å². The Morgan fingerprint density at radius 1 is 1.21 bits per heavy atom. The fourth-order valence-electron chi connectivity index (χ4n) is 3.30. The van der Waals surface area contributed by atoms with Crippen molar-refractivity contribution < 1.29 is 19.1 Å². The summed E-state index contributed by atoms with van der Waals surface area (Å²) in [6.45, 7) is 9.97. The van der Waals surface area contributed by atoms with Gasteiger partial charge in [0.15, 0.2) is 18.1 Å². The molecule has 34 heavy (non-hydrogen) atoms. The number of anilines is 1. The average Bonchev–Trinajstić information content (AvgIpc) is 3.03. The molecule has 180 valence electrons. The quantitative estimate of drug-likeness (QED) is 0.310. The number of thioether (sulfide) groups is 1. The Hall–Kier alpha value is -2.36. The fraction of sp³-hybridized carbons (Fsp3) is 0.320. The van der Waals surface area contributed by atoms with Gasteiger partial charge in [-0.2, -0.15) is 0 Å². The monoisotopic (exact) mass is 562 g/mol. The van der Waals surface area contributed by atoms with Crippen molar-refractivity contribution in [2.75, 3.05) is 18.5 Å². The number of amides is 2. The molecule has 1 saturated heterocycles. The maximum atomic E-state index is 12.7. The zero-order valence-electron chi connectivity index (χ0n) is 19.7. The lowest BCUT2D eigenvalue weighted by atomic mass is 10.1. The van der Waals surface area contributed by atoms with Gasteiger partial charge in [0.1, 0.15) is 4.32 Å². The van der Waals surface area contributed by atoms with Gasteiger partial charge in [-0.3, -0.25) is 14.5 Å². The Morgan fingerprint density at radius 3 is 2.56 bits per heavy atom. The first kappa shape index (κ1) is 26.2. The zero-order chi connectivity index (χ0) is 25.0. The third-order valence-corrected chi connectivity index (χ3v) is 7.03. The number of halogens is 1. The predicted molar refractivity (Wildman–Crippen MR) is 145 cm³/mol. The largest absolute Gasteiger partial charge is 0.490 e. The molecule has 0 spiro atoms. The van der Waals surface area contributed by atoms with Crippen molar-refractivity contribution >= 4 is 67.8 Å². The van der Waals surface area contributed by atoms with Gasteiger partial charge in [-0.05, 0) is 97.6 Å². The van der Waals surface area contributed by atoms with Gasteiger partial charge in [-0.1, -0.05) is 30.0 Å². The van der Waals surface area contributed by atoms with Crippen LogP contribution in [0.25, 0.3) is 6.08 Å². The minimum absolute atomic E-state index is 0.00475. The van der Waals surface area contributed by atoms with E-state index in [1.807, 2.05) is 58.9 Å². The van der Waals surface area contributed by atoms with E-state index in [0.29, 0.717) is 31.8 Å². The predicted octanol–water partition coefficient (Wildman–Crippen LogP) is 6.09. The molecule has 1 aliphatic heterocycles. The summed E-state index contributed by atoms with van der Waals surface area (Å²) < 4.78 is 12.7. The van der Waals surface area contributed by atoms with E-state index in [4.69, 9.17) is 21.7 Å². The van der Waals surface area contributed by atoms with E-state index in [2.05, 4.69) is 21.2 Å². The van der Waals surface area contributed by atoms with Crippen LogP contribution in [0.15, 0.2) is 39.7 Å². The van der Waals surface area contributed by atoms with E-state index >= 15 is 0 Å². The smallest absolute Gasteiger partial charge is 0.266 e. The highest BCUT2D eigenvalue weighted by molar-refractivity contribution is 9.10. The summed E-state index contributed by atoms with van der Waals surface area (Å²) in [6.07, 6.45) is 1.78. The molecule has 3 rings (SSSR count). The average molecular weight is 564 g/mol. The Kier molecular flexibility index (Phi) is 8.78. The second kappa shape index (κ2) is 11.4. The number of hydrogen-bond donors (Lipinski definition) is 1. The fourth-order valence-corrected chi connectivity index (χ4v) is 5.40. The van der Waals surface area contributed by atoms with Crippen molar-refractivity contribution in [3.63, 3.8) is 0 Å². The molecule has 9 heteroatoms. The van der Waals surface area contributed by atoms with E-state index in [9.17, 15) is 9.59 Å². The summed E-state index contributed by atoms with van der Waals surface area (Å²) in [5.41, 5.74) is 3.73. The number of aryl methyl sites for hydroxylation is 2. The van der Waals surface area contributed by atoms with Crippen molar-refractivity contribution in [2.24, 2.45) is 0 Å². The molecule has 1 aliphatic rings. The molecule has 0 atom stereocenters. The van der Waals surface area contributed by atoms with Crippen LogP contribution in [0.1, 0.15) is 37.5 Å². The lowest BCUT2D eigenvalue weighted by molar-refractivity contribution is -0.123. The van der Waals surface area contributed by atoms with Crippen LogP contribution in [0.3, 0.4) is 0 Å². The Bertz CT molecular complexity index is 1160. The number of carbonyl (C=O) groups is 2. The summed E-state index contributed by atoms with van der Waals surface area (Å²) in [5, 5.41) is 2.85. The van der Waals surface area contributed by atoms with Crippen molar-refractivity contribution in [3.05, 3.63) is 56.4 Å². The number of carbonyl (C=O) groups excluding carboxylic acids is 2. The minimum atomic E-state index is -0.279. The van der Waals surface area contributed by atoms with Crippen LogP contribution >= 0.6 is 39.9 Å². The number of nitrogens with zero attached hydrogens (tertiary/aromatic N) is 1. The number of nitrogens with one attached hydrogen (secondary N) is 1. The molecule has 0 aromatic heterocycles. The topological polar surface area (TPSA) is 67.9 Å². The second-order valence-electron chi connectivity index (χ2n) is 8.04. The molecule has 2 amide bonds. The lowest BCUT2D eigenvalue weighted by Gasteiger charge is -2.18. The zero-order valence-corrected chi connectivity index (χ0v) is 22.9. The number of benzene rings is 2. The molecule has 1 N–H and O–H groups in total. The van der Waals surface area contributed by atoms with Gasteiger partial charge >= 0.3 is 0 Å². The van der Waals surface area contributed by atoms with Crippen LogP contribution in [-0.4, -0.2) is 40.3 Å². The first-order valence-electron chi connectivity index (χ1n) is 10.8. The summed E-state index contributed by atoms with van der Waals surface area (Å²) in [5.74, 6) is 0.506. The molecule has 0 unspecified atom stereocenters. The third-order valence-electron chi connectivity index (χ3n) is 5.11. The normalized spacial score (nSPS) is 14.8. The van der Waals surface area contributed by atoms with E-state index in [1.54, 1.807) is 17.0 Å². The van der Waals surface area contributed by atoms with Gasteiger partial charge in [0, 0.05) is 11.7 Å². The van der Waals surface area contributed by atoms with E-state index in [0.717, 1.165) is 22.4 Å². The van der Waals surface area contributed by atoms with Crippen molar-refractivity contribution in [1.29, 1.82) is 0 Å². The van der Waals surface area contributed by atoms with Gasteiger partial charge in [-0.25, -0.2) is 0 Å². The van der Waals surface area contributed by atoms with Gasteiger partial charge in [-0.15, -0.1) is 0 Å². The Labute approximate surface area is 218 Å². The van der Waals surface area contributed by atoms with Crippen LogP contribution in [0.2, 0.25) is 0 Å². The van der Waals surface area contributed by atoms with Gasteiger partial charge in [0.05, 0.1) is 16.0 Å². The molecular weight excluding hydrogens is 536 g/mol. The summed E-state index contributed by atoms with van der Waals surface area (Å²) in [7, 11) is 0. The molecule has 0 saturated carbocycles. The lowest BCUT2D eigenvalue weighted by Crippen LogP contribution is -2.34. The number of hydrogen-bond acceptors (Lipinski definition) is 6. The van der Waals surface area contributed by atoms with Crippen molar-refractivity contribution in [3.8, 4) is 11.5 Å². The molecule has 2 aromatic rings. The molecule has 1 fully saturated rings. The molecular formula is C25H27BrN2O4S2. The van der Waals surface area contributed by atoms with E-state index in [-0.39, 0.29) is 24.5 Å².